The lowest BCUT2D eigenvalue weighted by Gasteiger charge is -2.42. The van der Waals surface area contributed by atoms with Gasteiger partial charge >= 0.3 is 11.9 Å². The summed E-state index contributed by atoms with van der Waals surface area (Å²) in [5.41, 5.74) is 0.0497. The quantitative estimate of drug-likeness (QED) is 0.314. The van der Waals surface area contributed by atoms with Gasteiger partial charge in [-0.2, -0.15) is 13.2 Å². The summed E-state index contributed by atoms with van der Waals surface area (Å²) < 4.78 is 47.3. The van der Waals surface area contributed by atoms with Gasteiger partial charge in [0.05, 0.1) is 22.2 Å². The van der Waals surface area contributed by atoms with Crippen LogP contribution in [0.25, 0.3) is 11.2 Å². The van der Waals surface area contributed by atoms with Crippen LogP contribution in [0.4, 0.5) is 13.2 Å². The summed E-state index contributed by atoms with van der Waals surface area (Å²) in [7, 11) is 1.92. The Balaban J connectivity index is 1.46. The Hall–Kier alpha value is -3.40. The smallest absolute Gasteiger partial charge is 0.320 e. The van der Waals surface area contributed by atoms with Gasteiger partial charge in [0.15, 0.2) is 0 Å². The zero-order valence-corrected chi connectivity index (χ0v) is 23.3. The molecule has 0 bridgehead atoms. The van der Waals surface area contributed by atoms with Crippen LogP contribution in [0, 0.1) is 11.8 Å². The molecule has 1 saturated carbocycles. The largest absolute Gasteiger partial charge is 0.418 e. The fourth-order valence-corrected chi connectivity index (χ4v) is 6.64. The summed E-state index contributed by atoms with van der Waals surface area (Å²) >= 11 is 0. The van der Waals surface area contributed by atoms with Crippen LogP contribution in [-0.4, -0.2) is 41.2 Å². The van der Waals surface area contributed by atoms with Gasteiger partial charge in [0.25, 0.3) is 0 Å². The maximum absolute atomic E-state index is 14.3. The highest BCUT2D eigenvalue weighted by Gasteiger charge is 2.44. The van der Waals surface area contributed by atoms with E-state index in [9.17, 15) is 18.0 Å². The van der Waals surface area contributed by atoms with Gasteiger partial charge < -0.3 is 4.57 Å². The molecular formula is C30H35F3N6O. The van der Waals surface area contributed by atoms with E-state index >= 15 is 0 Å². The average molecular weight is 553 g/mol. The van der Waals surface area contributed by atoms with E-state index in [1.165, 1.54) is 16.8 Å². The first kappa shape index (κ1) is 26.8. The Morgan fingerprint density at radius 2 is 1.85 bits per heavy atom. The first-order valence-corrected chi connectivity index (χ1v) is 14.0. The molecule has 1 aromatic carbocycles. The number of hydrogen-bond acceptors (Lipinski definition) is 4. The van der Waals surface area contributed by atoms with E-state index in [4.69, 9.17) is 0 Å². The highest BCUT2D eigenvalue weighted by molar-refractivity contribution is 5.58. The van der Waals surface area contributed by atoms with E-state index in [0.29, 0.717) is 29.6 Å². The molecule has 3 aromatic heterocycles. The highest BCUT2D eigenvalue weighted by Crippen LogP contribution is 2.47. The van der Waals surface area contributed by atoms with Crippen LogP contribution in [0.3, 0.4) is 0 Å². The van der Waals surface area contributed by atoms with Crippen molar-refractivity contribution in [3.8, 4) is 5.69 Å². The van der Waals surface area contributed by atoms with E-state index in [1.54, 1.807) is 18.6 Å². The van der Waals surface area contributed by atoms with Crippen LogP contribution in [-0.2, 0) is 25.2 Å². The normalized spacial score (nSPS) is 22.1. The van der Waals surface area contributed by atoms with Crippen molar-refractivity contribution < 1.29 is 13.2 Å². The van der Waals surface area contributed by atoms with Crippen LogP contribution >= 0.6 is 0 Å². The number of aromatic nitrogens is 5. The SMILES string of the molecule is CC1[C@@H](C)CCN1Cc1cc(C(F)(F)F)c2cn(-c3cccc([C@@](C)(c4nncn4C)C4CCC4)c3)c(=O)n2c1. The second-order valence-electron chi connectivity index (χ2n) is 11.9. The zero-order chi connectivity index (χ0) is 28.4. The zero-order valence-electron chi connectivity index (χ0n) is 23.3. The molecule has 212 valence electrons. The van der Waals surface area contributed by atoms with Gasteiger partial charge in [0, 0.05) is 32.0 Å². The average Bonchev–Trinajstić information content (AvgIpc) is 3.55. The standard InChI is InChI=1S/C30H35F3N6O/c1-19-11-12-37(20(19)2)15-21-13-25(30(31,32)33)26-17-38(28(40)39(26)16-21)24-10-6-9-23(14-24)29(3,22-7-5-8-22)27-35-34-18-36(27)4/h6,9-10,13-14,16-20,22H,5,7-8,11-12,15H2,1-4H3/t19-,20?,29-/m0/s1. The maximum atomic E-state index is 14.3. The fourth-order valence-electron chi connectivity index (χ4n) is 6.64. The second-order valence-corrected chi connectivity index (χ2v) is 11.9. The van der Waals surface area contributed by atoms with E-state index in [0.717, 1.165) is 48.0 Å². The number of halogens is 3. The lowest BCUT2D eigenvalue weighted by molar-refractivity contribution is -0.136. The van der Waals surface area contributed by atoms with Crippen LogP contribution in [0.15, 0.2) is 53.8 Å². The first-order valence-electron chi connectivity index (χ1n) is 14.0. The molecule has 40 heavy (non-hydrogen) atoms. The summed E-state index contributed by atoms with van der Waals surface area (Å²) in [6.07, 6.45) is 4.22. The van der Waals surface area contributed by atoms with Crippen LogP contribution < -0.4 is 5.69 Å². The number of aryl methyl sites for hydroxylation is 1. The maximum Gasteiger partial charge on any atom is 0.418 e. The van der Waals surface area contributed by atoms with Crippen molar-refractivity contribution in [1.82, 2.24) is 28.6 Å². The number of alkyl halides is 3. The van der Waals surface area contributed by atoms with Gasteiger partial charge in [-0.15, -0.1) is 10.2 Å². The number of benzene rings is 1. The molecule has 0 radical (unpaired) electrons. The van der Waals surface area contributed by atoms with E-state index < -0.39 is 22.8 Å². The van der Waals surface area contributed by atoms with Crippen LogP contribution in [0.1, 0.15) is 69.0 Å². The summed E-state index contributed by atoms with van der Waals surface area (Å²) in [5.74, 6) is 1.66. The minimum Gasteiger partial charge on any atom is -0.320 e. The number of hydrogen-bond donors (Lipinski definition) is 0. The summed E-state index contributed by atoms with van der Waals surface area (Å²) in [4.78, 5) is 15.9. The predicted octanol–water partition coefficient (Wildman–Crippen LogP) is 5.57. The van der Waals surface area contributed by atoms with Crippen molar-refractivity contribution in [2.75, 3.05) is 6.54 Å². The number of pyridine rings is 1. The van der Waals surface area contributed by atoms with Crippen molar-refractivity contribution in [3.05, 3.63) is 82.1 Å². The minimum atomic E-state index is -4.60. The molecule has 4 aromatic rings. The molecule has 2 fully saturated rings. The Morgan fingerprint density at radius 1 is 1.07 bits per heavy atom. The molecule has 4 heterocycles. The predicted molar refractivity (Wildman–Crippen MR) is 146 cm³/mol. The Bertz CT molecular complexity index is 1610. The van der Waals surface area contributed by atoms with Crippen molar-refractivity contribution in [1.29, 1.82) is 0 Å². The molecule has 1 aliphatic carbocycles. The van der Waals surface area contributed by atoms with Crippen LogP contribution in [0.2, 0.25) is 0 Å². The lowest BCUT2D eigenvalue weighted by atomic mass is 9.62. The Kier molecular flexibility index (Phi) is 6.44. The Labute approximate surface area is 231 Å². The molecule has 1 aliphatic heterocycles. The third-order valence-corrected chi connectivity index (χ3v) is 9.61. The van der Waals surface area contributed by atoms with Gasteiger partial charge in [-0.25, -0.2) is 4.79 Å². The molecular weight excluding hydrogens is 517 g/mol. The van der Waals surface area contributed by atoms with Crippen molar-refractivity contribution >= 4 is 5.52 Å². The molecule has 0 amide bonds. The molecule has 3 atom stereocenters. The summed E-state index contributed by atoms with van der Waals surface area (Å²) in [6.45, 7) is 7.61. The number of fused-ring (bicyclic) bond motifs is 1. The lowest BCUT2D eigenvalue weighted by Crippen LogP contribution is -2.40. The number of likely N-dealkylation sites (tertiary alicyclic amines) is 1. The van der Waals surface area contributed by atoms with Gasteiger partial charge in [0.1, 0.15) is 12.2 Å². The monoisotopic (exact) mass is 552 g/mol. The number of rotatable bonds is 6. The highest BCUT2D eigenvalue weighted by atomic mass is 19.4. The fraction of sp³-hybridized carbons (Fsp3) is 0.500. The molecule has 1 saturated heterocycles. The van der Waals surface area contributed by atoms with E-state index in [1.807, 2.05) is 29.8 Å². The van der Waals surface area contributed by atoms with Gasteiger partial charge in [-0.05, 0) is 80.8 Å². The van der Waals surface area contributed by atoms with Crippen molar-refractivity contribution in [2.45, 2.75) is 70.6 Å². The van der Waals surface area contributed by atoms with Crippen molar-refractivity contribution in [2.24, 2.45) is 18.9 Å². The number of imidazole rings is 1. The molecule has 0 N–H and O–H groups in total. The molecule has 0 spiro atoms. The minimum absolute atomic E-state index is 0.149. The number of nitrogens with zero attached hydrogens (tertiary/aromatic N) is 6. The van der Waals surface area contributed by atoms with Gasteiger partial charge in [-0.1, -0.05) is 25.5 Å². The topological polar surface area (TPSA) is 60.4 Å². The molecule has 7 nitrogen and oxygen atoms in total. The van der Waals surface area contributed by atoms with Gasteiger partial charge in [-0.3, -0.25) is 13.9 Å². The third-order valence-electron chi connectivity index (χ3n) is 9.61. The molecule has 10 heteroatoms. The summed E-state index contributed by atoms with van der Waals surface area (Å²) in [6, 6.07) is 9.02. The van der Waals surface area contributed by atoms with E-state index in [2.05, 4.69) is 35.9 Å². The third kappa shape index (κ3) is 4.27. The Morgan fingerprint density at radius 3 is 2.45 bits per heavy atom. The van der Waals surface area contributed by atoms with Crippen molar-refractivity contribution in [3.63, 3.8) is 0 Å². The first-order chi connectivity index (χ1) is 19.0. The van der Waals surface area contributed by atoms with E-state index in [-0.39, 0.29) is 11.6 Å². The molecule has 2 aliphatic rings. The van der Waals surface area contributed by atoms with Gasteiger partial charge in [0.2, 0.25) is 0 Å². The molecule has 1 unspecified atom stereocenters. The second kappa shape index (κ2) is 9.61. The molecule has 6 rings (SSSR count). The summed E-state index contributed by atoms with van der Waals surface area (Å²) in [5, 5.41) is 8.54. The van der Waals surface area contributed by atoms with Crippen LogP contribution in [0.5, 0.6) is 0 Å².